The lowest BCUT2D eigenvalue weighted by molar-refractivity contribution is 0.170. The highest BCUT2D eigenvalue weighted by Gasteiger charge is 2.31. The smallest absolute Gasteiger partial charge is 0.216 e. The van der Waals surface area contributed by atoms with E-state index in [1.54, 1.807) is 12.1 Å². The van der Waals surface area contributed by atoms with Crippen LogP contribution in [0, 0.1) is 5.82 Å². The SMILES string of the molecule is CC1(CO)COC(c2ccc(F)cc2)=N1. The fraction of sp³-hybridized carbons (Fsp3) is 0.364. The molecule has 0 aromatic heterocycles. The third-order valence-corrected chi connectivity index (χ3v) is 2.32. The zero-order valence-corrected chi connectivity index (χ0v) is 8.40. The molecule has 1 atom stereocenters. The Morgan fingerprint density at radius 1 is 1.47 bits per heavy atom. The number of benzene rings is 1. The number of nitrogens with zero attached hydrogens (tertiary/aromatic N) is 1. The molecule has 80 valence electrons. The topological polar surface area (TPSA) is 41.8 Å². The molecule has 0 radical (unpaired) electrons. The van der Waals surface area contributed by atoms with Crippen molar-refractivity contribution in [2.24, 2.45) is 4.99 Å². The van der Waals surface area contributed by atoms with Crippen LogP contribution < -0.4 is 0 Å². The maximum absolute atomic E-state index is 12.7. The van der Waals surface area contributed by atoms with E-state index >= 15 is 0 Å². The molecule has 0 bridgehead atoms. The zero-order chi connectivity index (χ0) is 10.9. The molecule has 0 aliphatic carbocycles. The highest BCUT2D eigenvalue weighted by molar-refractivity contribution is 5.95. The summed E-state index contributed by atoms with van der Waals surface area (Å²) in [6, 6.07) is 5.93. The zero-order valence-electron chi connectivity index (χ0n) is 8.40. The third-order valence-electron chi connectivity index (χ3n) is 2.32. The van der Waals surface area contributed by atoms with Gasteiger partial charge in [-0.1, -0.05) is 0 Å². The van der Waals surface area contributed by atoms with Crippen molar-refractivity contribution in [3.05, 3.63) is 35.6 Å². The predicted molar refractivity (Wildman–Crippen MR) is 54.4 cm³/mol. The molecular weight excluding hydrogens is 197 g/mol. The molecule has 1 N–H and O–H groups in total. The van der Waals surface area contributed by atoms with Crippen molar-refractivity contribution in [1.82, 2.24) is 0 Å². The number of ether oxygens (including phenoxy) is 1. The lowest BCUT2D eigenvalue weighted by Gasteiger charge is -2.12. The molecule has 1 aliphatic rings. The molecule has 0 fully saturated rings. The Labute approximate surface area is 87.2 Å². The Balaban J connectivity index is 2.26. The summed E-state index contributed by atoms with van der Waals surface area (Å²) in [7, 11) is 0. The molecule has 1 heterocycles. The first-order valence-electron chi connectivity index (χ1n) is 4.72. The number of aliphatic hydroxyl groups excluding tert-OH is 1. The van der Waals surface area contributed by atoms with Gasteiger partial charge >= 0.3 is 0 Å². The number of hydrogen-bond acceptors (Lipinski definition) is 3. The monoisotopic (exact) mass is 209 g/mol. The Morgan fingerprint density at radius 2 is 2.13 bits per heavy atom. The standard InChI is InChI=1S/C11H12FNO2/c1-11(6-14)7-15-10(13-11)8-2-4-9(12)5-3-8/h2-5,14H,6-7H2,1H3. The number of hydrogen-bond donors (Lipinski definition) is 1. The largest absolute Gasteiger partial charge is 0.475 e. The van der Waals surface area contributed by atoms with E-state index in [4.69, 9.17) is 9.84 Å². The molecule has 0 spiro atoms. The molecule has 2 rings (SSSR count). The van der Waals surface area contributed by atoms with Gasteiger partial charge in [0.25, 0.3) is 0 Å². The molecule has 0 amide bonds. The Morgan fingerprint density at radius 3 is 2.67 bits per heavy atom. The van der Waals surface area contributed by atoms with Crippen LogP contribution in [0.5, 0.6) is 0 Å². The average molecular weight is 209 g/mol. The highest BCUT2D eigenvalue weighted by atomic mass is 19.1. The van der Waals surface area contributed by atoms with Crippen LogP contribution in [0.1, 0.15) is 12.5 Å². The molecular formula is C11H12FNO2. The van der Waals surface area contributed by atoms with E-state index < -0.39 is 5.54 Å². The number of rotatable bonds is 2. The predicted octanol–water partition coefficient (Wildman–Crippen LogP) is 1.35. The molecule has 4 heteroatoms. The first kappa shape index (κ1) is 10.1. The fourth-order valence-electron chi connectivity index (χ4n) is 1.35. The lowest BCUT2D eigenvalue weighted by atomic mass is 10.1. The van der Waals surface area contributed by atoms with Gasteiger partial charge in [0.15, 0.2) is 0 Å². The average Bonchev–Trinajstić information content (AvgIpc) is 2.63. The first-order valence-corrected chi connectivity index (χ1v) is 4.72. The molecule has 3 nitrogen and oxygen atoms in total. The van der Waals surface area contributed by atoms with Gasteiger partial charge in [0.2, 0.25) is 5.90 Å². The Kier molecular flexibility index (Phi) is 2.44. The van der Waals surface area contributed by atoms with E-state index in [1.165, 1.54) is 12.1 Å². The molecule has 0 saturated heterocycles. The second-order valence-electron chi connectivity index (χ2n) is 3.87. The number of aliphatic imine (C=N–C) groups is 1. The van der Waals surface area contributed by atoms with E-state index in [-0.39, 0.29) is 12.4 Å². The van der Waals surface area contributed by atoms with Crippen LogP contribution in [0.3, 0.4) is 0 Å². The van der Waals surface area contributed by atoms with E-state index in [0.717, 1.165) is 5.56 Å². The van der Waals surface area contributed by atoms with Gasteiger partial charge in [-0.3, -0.25) is 0 Å². The van der Waals surface area contributed by atoms with Gasteiger partial charge in [0.1, 0.15) is 18.0 Å². The second kappa shape index (κ2) is 3.62. The van der Waals surface area contributed by atoms with Gasteiger partial charge in [0, 0.05) is 5.56 Å². The Hall–Kier alpha value is -1.42. The fourth-order valence-corrected chi connectivity index (χ4v) is 1.35. The molecule has 0 saturated carbocycles. The summed E-state index contributed by atoms with van der Waals surface area (Å²) in [5, 5.41) is 9.09. The summed E-state index contributed by atoms with van der Waals surface area (Å²) in [6.07, 6.45) is 0. The van der Waals surface area contributed by atoms with Crippen LogP contribution in [0.15, 0.2) is 29.3 Å². The summed E-state index contributed by atoms with van der Waals surface area (Å²) >= 11 is 0. The van der Waals surface area contributed by atoms with Crippen molar-refractivity contribution in [3.8, 4) is 0 Å². The van der Waals surface area contributed by atoms with Crippen molar-refractivity contribution in [1.29, 1.82) is 0 Å². The van der Waals surface area contributed by atoms with Gasteiger partial charge in [-0.25, -0.2) is 9.38 Å². The van der Waals surface area contributed by atoms with Crippen molar-refractivity contribution in [2.75, 3.05) is 13.2 Å². The minimum atomic E-state index is -0.566. The normalized spacial score (nSPS) is 24.9. The van der Waals surface area contributed by atoms with Crippen molar-refractivity contribution in [3.63, 3.8) is 0 Å². The maximum atomic E-state index is 12.7. The van der Waals surface area contributed by atoms with Crippen LogP contribution >= 0.6 is 0 Å². The molecule has 1 aromatic carbocycles. The highest BCUT2D eigenvalue weighted by Crippen LogP contribution is 2.20. The summed E-state index contributed by atoms with van der Waals surface area (Å²) in [6.45, 7) is 2.11. The summed E-state index contributed by atoms with van der Waals surface area (Å²) in [5.41, 5.74) is 0.164. The molecule has 1 unspecified atom stereocenters. The van der Waals surface area contributed by atoms with Gasteiger partial charge in [-0.15, -0.1) is 0 Å². The van der Waals surface area contributed by atoms with Crippen molar-refractivity contribution in [2.45, 2.75) is 12.5 Å². The van der Waals surface area contributed by atoms with E-state index in [9.17, 15) is 4.39 Å². The van der Waals surface area contributed by atoms with Crippen molar-refractivity contribution < 1.29 is 14.2 Å². The number of halogens is 1. The molecule has 1 aliphatic heterocycles. The van der Waals surface area contributed by atoms with Crippen LogP contribution in [-0.4, -0.2) is 29.8 Å². The van der Waals surface area contributed by atoms with E-state index in [1.807, 2.05) is 6.92 Å². The van der Waals surface area contributed by atoms with Crippen LogP contribution in [-0.2, 0) is 4.74 Å². The molecule has 15 heavy (non-hydrogen) atoms. The maximum Gasteiger partial charge on any atom is 0.216 e. The van der Waals surface area contributed by atoms with E-state index in [0.29, 0.717) is 12.5 Å². The third kappa shape index (κ3) is 1.99. The van der Waals surface area contributed by atoms with Crippen LogP contribution in [0.2, 0.25) is 0 Å². The summed E-state index contributed by atoms with van der Waals surface area (Å²) < 4.78 is 18.0. The lowest BCUT2D eigenvalue weighted by Crippen LogP contribution is -2.28. The van der Waals surface area contributed by atoms with Crippen molar-refractivity contribution >= 4 is 5.90 Å². The van der Waals surface area contributed by atoms with Crippen LogP contribution in [0.25, 0.3) is 0 Å². The first-order chi connectivity index (χ1) is 7.13. The van der Waals surface area contributed by atoms with Gasteiger partial charge in [-0.05, 0) is 31.2 Å². The summed E-state index contributed by atoms with van der Waals surface area (Å²) in [4.78, 5) is 4.26. The molecule has 1 aromatic rings. The Bertz CT molecular complexity index is 388. The summed E-state index contributed by atoms with van der Waals surface area (Å²) in [5.74, 6) is 0.175. The van der Waals surface area contributed by atoms with Gasteiger partial charge in [-0.2, -0.15) is 0 Å². The number of aliphatic hydroxyl groups is 1. The second-order valence-corrected chi connectivity index (χ2v) is 3.87. The minimum absolute atomic E-state index is 0.0578. The van der Waals surface area contributed by atoms with Gasteiger partial charge in [0.05, 0.1) is 6.61 Å². The van der Waals surface area contributed by atoms with Crippen LogP contribution in [0.4, 0.5) is 4.39 Å². The van der Waals surface area contributed by atoms with Gasteiger partial charge < -0.3 is 9.84 Å². The van der Waals surface area contributed by atoms with E-state index in [2.05, 4.69) is 4.99 Å². The minimum Gasteiger partial charge on any atom is -0.475 e. The quantitative estimate of drug-likeness (QED) is 0.798.